The number of nitrogens with one attached hydrogen (secondary N) is 1. The molecule has 3 rings (SSSR count). The molecular formula is C20H15Cl2N3O4S. The number of furan rings is 1. The summed E-state index contributed by atoms with van der Waals surface area (Å²) >= 11 is 13.5. The predicted octanol–water partition coefficient (Wildman–Crippen LogP) is 5.55. The van der Waals surface area contributed by atoms with Crippen molar-refractivity contribution < 1.29 is 14.1 Å². The number of nitro groups is 1. The van der Waals surface area contributed by atoms with E-state index in [0.29, 0.717) is 32.9 Å². The van der Waals surface area contributed by atoms with Crippen molar-refractivity contribution in [1.29, 1.82) is 0 Å². The van der Waals surface area contributed by atoms with Crippen LogP contribution in [0.2, 0.25) is 10.0 Å². The molecule has 0 aliphatic rings. The van der Waals surface area contributed by atoms with E-state index in [1.54, 1.807) is 42.5 Å². The first kappa shape index (κ1) is 21.9. The summed E-state index contributed by atoms with van der Waals surface area (Å²) in [5.41, 5.74) is 3.87. The Morgan fingerprint density at radius 1 is 1.20 bits per heavy atom. The van der Waals surface area contributed by atoms with Gasteiger partial charge in [0.05, 0.1) is 26.9 Å². The fourth-order valence-electron chi connectivity index (χ4n) is 2.48. The van der Waals surface area contributed by atoms with E-state index in [9.17, 15) is 14.9 Å². The lowest BCUT2D eigenvalue weighted by Gasteiger charge is -2.02. The highest BCUT2D eigenvalue weighted by Crippen LogP contribution is 2.34. The van der Waals surface area contributed by atoms with E-state index in [1.165, 1.54) is 30.1 Å². The van der Waals surface area contributed by atoms with Crippen LogP contribution in [0.3, 0.4) is 0 Å². The van der Waals surface area contributed by atoms with Gasteiger partial charge in [-0.05, 0) is 29.8 Å². The average molecular weight is 464 g/mol. The summed E-state index contributed by atoms with van der Waals surface area (Å²) in [5, 5.41) is 15.5. The summed E-state index contributed by atoms with van der Waals surface area (Å²) in [6.07, 6.45) is 1.38. The lowest BCUT2D eigenvalue weighted by atomic mass is 10.2. The SMILES string of the molecule is O=C(CSCc1cccc([N+](=O)[O-])c1)N/N=C\c1ccc(-c2cccc(Cl)c2Cl)o1. The Bertz CT molecular complexity index is 1100. The van der Waals surface area contributed by atoms with Crippen molar-refractivity contribution in [2.24, 2.45) is 5.10 Å². The molecule has 0 radical (unpaired) electrons. The highest BCUT2D eigenvalue weighted by atomic mass is 35.5. The molecule has 0 aliphatic heterocycles. The Kier molecular flexibility index (Phi) is 7.51. The van der Waals surface area contributed by atoms with Crippen LogP contribution in [0.25, 0.3) is 11.3 Å². The van der Waals surface area contributed by atoms with Crippen LogP contribution < -0.4 is 5.43 Å². The van der Waals surface area contributed by atoms with E-state index in [1.807, 2.05) is 0 Å². The van der Waals surface area contributed by atoms with Crippen LogP contribution in [0.4, 0.5) is 5.69 Å². The molecule has 1 heterocycles. The molecule has 0 bridgehead atoms. The van der Waals surface area contributed by atoms with Crippen LogP contribution in [0.1, 0.15) is 11.3 Å². The number of carbonyl (C=O) groups is 1. The summed E-state index contributed by atoms with van der Waals surface area (Å²) in [6.45, 7) is 0. The fraction of sp³-hybridized carbons (Fsp3) is 0.100. The van der Waals surface area contributed by atoms with Crippen molar-refractivity contribution >= 4 is 52.8 Å². The van der Waals surface area contributed by atoms with Gasteiger partial charge in [-0.15, -0.1) is 11.8 Å². The second-order valence-corrected chi connectivity index (χ2v) is 7.79. The van der Waals surface area contributed by atoms with E-state index in [0.717, 1.165) is 5.56 Å². The molecule has 1 aromatic heterocycles. The van der Waals surface area contributed by atoms with Crippen molar-refractivity contribution in [2.75, 3.05) is 5.75 Å². The lowest BCUT2D eigenvalue weighted by Crippen LogP contribution is -2.19. The molecule has 154 valence electrons. The molecule has 1 amide bonds. The summed E-state index contributed by atoms with van der Waals surface area (Å²) in [4.78, 5) is 22.2. The van der Waals surface area contributed by atoms with E-state index in [4.69, 9.17) is 27.6 Å². The number of nitro benzene ring substituents is 1. The summed E-state index contributed by atoms with van der Waals surface area (Å²) < 4.78 is 5.65. The van der Waals surface area contributed by atoms with Crippen LogP contribution in [-0.4, -0.2) is 22.8 Å². The largest absolute Gasteiger partial charge is 0.455 e. The smallest absolute Gasteiger partial charge is 0.269 e. The lowest BCUT2D eigenvalue weighted by molar-refractivity contribution is -0.384. The molecule has 0 fully saturated rings. The van der Waals surface area contributed by atoms with E-state index in [2.05, 4.69) is 10.5 Å². The van der Waals surface area contributed by atoms with Gasteiger partial charge in [-0.2, -0.15) is 5.10 Å². The Hall–Kier alpha value is -2.81. The number of hydrazone groups is 1. The van der Waals surface area contributed by atoms with Crippen LogP contribution >= 0.6 is 35.0 Å². The third-order valence-corrected chi connectivity index (χ3v) is 5.67. The molecule has 3 aromatic rings. The van der Waals surface area contributed by atoms with Crippen molar-refractivity contribution in [3.8, 4) is 11.3 Å². The maximum Gasteiger partial charge on any atom is 0.269 e. The number of carbonyl (C=O) groups excluding carboxylic acids is 1. The minimum atomic E-state index is -0.448. The molecule has 30 heavy (non-hydrogen) atoms. The number of hydrogen-bond donors (Lipinski definition) is 1. The van der Waals surface area contributed by atoms with Crippen molar-refractivity contribution in [3.05, 3.63) is 86.1 Å². The van der Waals surface area contributed by atoms with Crippen LogP contribution in [0.5, 0.6) is 0 Å². The van der Waals surface area contributed by atoms with Gasteiger partial charge >= 0.3 is 0 Å². The maximum atomic E-state index is 11.9. The average Bonchev–Trinajstić information content (AvgIpc) is 3.19. The number of amides is 1. The molecule has 10 heteroatoms. The van der Waals surface area contributed by atoms with Crippen molar-refractivity contribution in [3.63, 3.8) is 0 Å². The zero-order chi connectivity index (χ0) is 21.5. The summed E-state index contributed by atoms with van der Waals surface area (Å²) in [7, 11) is 0. The van der Waals surface area contributed by atoms with Gasteiger partial charge in [0.15, 0.2) is 0 Å². The Morgan fingerprint density at radius 2 is 2.00 bits per heavy atom. The number of hydrogen-bond acceptors (Lipinski definition) is 6. The van der Waals surface area contributed by atoms with Crippen LogP contribution in [-0.2, 0) is 10.5 Å². The topological polar surface area (TPSA) is 97.7 Å². The van der Waals surface area contributed by atoms with E-state index in [-0.39, 0.29) is 17.3 Å². The molecule has 0 saturated carbocycles. The number of rotatable bonds is 8. The Morgan fingerprint density at radius 3 is 2.80 bits per heavy atom. The van der Waals surface area contributed by atoms with Crippen molar-refractivity contribution in [1.82, 2.24) is 5.43 Å². The summed E-state index contributed by atoms with van der Waals surface area (Å²) in [6, 6.07) is 15.0. The highest BCUT2D eigenvalue weighted by molar-refractivity contribution is 7.99. The third kappa shape index (κ3) is 5.85. The molecule has 0 spiro atoms. The quantitative estimate of drug-likeness (QED) is 0.268. The molecule has 2 aromatic carbocycles. The Balaban J connectivity index is 1.48. The minimum absolute atomic E-state index is 0.0269. The highest BCUT2D eigenvalue weighted by Gasteiger charge is 2.10. The minimum Gasteiger partial charge on any atom is -0.455 e. The van der Waals surface area contributed by atoms with E-state index < -0.39 is 4.92 Å². The monoisotopic (exact) mass is 463 g/mol. The first-order chi connectivity index (χ1) is 14.4. The zero-order valence-electron chi connectivity index (χ0n) is 15.4. The van der Waals surface area contributed by atoms with Gasteiger partial charge in [-0.1, -0.05) is 41.4 Å². The number of non-ortho nitro benzene ring substituents is 1. The molecule has 0 saturated heterocycles. The van der Waals surface area contributed by atoms with Crippen molar-refractivity contribution in [2.45, 2.75) is 5.75 Å². The van der Waals surface area contributed by atoms with E-state index >= 15 is 0 Å². The molecule has 1 N–H and O–H groups in total. The first-order valence-electron chi connectivity index (χ1n) is 8.61. The van der Waals surface area contributed by atoms with Crippen LogP contribution in [0, 0.1) is 10.1 Å². The molecule has 0 unspecified atom stereocenters. The molecular weight excluding hydrogens is 449 g/mol. The fourth-order valence-corrected chi connectivity index (χ4v) is 3.64. The normalized spacial score (nSPS) is 11.0. The first-order valence-corrected chi connectivity index (χ1v) is 10.5. The summed E-state index contributed by atoms with van der Waals surface area (Å²) in [5.74, 6) is 1.29. The number of halogens is 2. The Labute approximate surface area is 186 Å². The standard InChI is InChI=1S/C20H15Cl2N3O4S/c21-17-6-2-5-16(20(17)22)18-8-7-15(29-18)10-23-24-19(26)12-30-11-13-3-1-4-14(9-13)25(27)28/h1-10H,11-12H2,(H,24,26)/b23-10-. The van der Waals surface area contributed by atoms with Gasteiger partial charge in [0, 0.05) is 23.4 Å². The van der Waals surface area contributed by atoms with Gasteiger partial charge in [0.2, 0.25) is 5.91 Å². The number of benzene rings is 2. The second kappa shape index (κ2) is 10.3. The zero-order valence-corrected chi connectivity index (χ0v) is 17.7. The van der Waals surface area contributed by atoms with Gasteiger partial charge in [0.1, 0.15) is 11.5 Å². The predicted molar refractivity (Wildman–Crippen MR) is 119 cm³/mol. The maximum absolute atomic E-state index is 11.9. The van der Waals surface area contributed by atoms with Crippen LogP contribution in [0.15, 0.2) is 64.1 Å². The third-order valence-electron chi connectivity index (χ3n) is 3.85. The molecule has 7 nitrogen and oxygen atoms in total. The van der Waals surface area contributed by atoms with Gasteiger partial charge in [0.25, 0.3) is 5.69 Å². The van der Waals surface area contributed by atoms with Gasteiger partial charge in [-0.3, -0.25) is 14.9 Å². The number of thioether (sulfide) groups is 1. The second-order valence-electron chi connectivity index (χ2n) is 6.02. The number of nitrogens with zero attached hydrogens (tertiary/aromatic N) is 2. The van der Waals surface area contributed by atoms with Gasteiger partial charge < -0.3 is 4.42 Å². The van der Waals surface area contributed by atoms with Gasteiger partial charge in [-0.25, -0.2) is 5.43 Å². The molecule has 0 aliphatic carbocycles. The molecule has 0 atom stereocenters.